The van der Waals surface area contributed by atoms with Crippen LogP contribution >= 0.6 is 0 Å². The van der Waals surface area contributed by atoms with E-state index in [4.69, 9.17) is 5.73 Å². The Hall–Kier alpha value is -3.46. The number of carbonyl (C=O) groups excluding carboxylic acids is 4. The third kappa shape index (κ3) is 5.87. The van der Waals surface area contributed by atoms with Gasteiger partial charge in [-0.2, -0.15) is 0 Å². The van der Waals surface area contributed by atoms with Gasteiger partial charge >= 0.3 is 11.9 Å². The maximum atomic E-state index is 13.4. The molecule has 0 fully saturated rings. The third-order valence-corrected chi connectivity index (χ3v) is 4.86. The molecule has 9 heteroatoms. The molecule has 0 saturated heterocycles. The van der Waals surface area contributed by atoms with E-state index in [0.29, 0.717) is 6.54 Å². The van der Waals surface area contributed by atoms with E-state index in [1.54, 1.807) is 0 Å². The SMILES string of the molecule is CCCCN.CCCCN1C(=O)c2cccc(F)c2C1=O.O=C1OC(=O)c2c(F)cccc21. The van der Waals surface area contributed by atoms with Gasteiger partial charge in [-0.3, -0.25) is 14.5 Å². The molecule has 0 aromatic heterocycles. The number of esters is 2. The lowest BCUT2D eigenvalue weighted by molar-refractivity contribution is 0.0441. The van der Waals surface area contributed by atoms with Crippen LogP contribution in [0, 0.1) is 11.6 Å². The van der Waals surface area contributed by atoms with E-state index in [-0.39, 0.29) is 28.2 Å². The zero-order chi connectivity index (χ0) is 24.5. The maximum absolute atomic E-state index is 13.4. The van der Waals surface area contributed by atoms with Gasteiger partial charge in [0.05, 0.1) is 16.7 Å². The van der Waals surface area contributed by atoms with Gasteiger partial charge in [0.2, 0.25) is 0 Å². The van der Waals surface area contributed by atoms with Crippen LogP contribution < -0.4 is 5.73 Å². The van der Waals surface area contributed by atoms with Gasteiger partial charge in [-0.05, 0) is 43.7 Å². The number of nitrogens with two attached hydrogens (primary N) is 1. The predicted molar refractivity (Wildman–Crippen MR) is 117 cm³/mol. The number of benzene rings is 2. The molecule has 0 aliphatic carbocycles. The van der Waals surface area contributed by atoms with Gasteiger partial charge in [0, 0.05) is 6.54 Å². The van der Waals surface area contributed by atoms with E-state index in [0.717, 1.165) is 30.4 Å². The van der Waals surface area contributed by atoms with Crippen molar-refractivity contribution < 1.29 is 32.7 Å². The highest BCUT2D eigenvalue weighted by molar-refractivity contribution is 6.21. The van der Waals surface area contributed by atoms with Gasteiger partial charge in [-0.1, -0.05) is 38.8 Å². The topological polar surface area (TPSA) is 107 Å². The second kappa shape index (κ2) is 12.0. The fourth-order valence-electron chi connectivity index (χ4n) is 3.11. The van der Waals surface area contributed by atoms with Crippen LogP contribution in [0.15, 0.2) is 36.4 Å². The molecule has 0 saturated carbocycles. The van der Waals surface area contributed by atoms with Gasteiger partial charge in [0.1, 0.15) is 17.2 Å². The van der Waals surface area contributed by atoms with Crippen molar-refractivity contribution in [2.75, 3.05) is 13.1 Å². The molecule has 0 radical (unpaired) electrons. The highest BCUT2D eigenvalue weighted by Crippen LogP contribution is 2.25. The van der Waals surface area contributed by atoms with Gasteiger partial charge in [0.25, 0.3) is 11.8 Å². The summed E-state index contributed by atoms with van der Waals surface area (Å²) in [5, 5.41) is 0. The van der Waals surface area contributed by atoms with Crippen molar-refractivity contribution in [3.8, 4) is 0 Å². The lowest BCUT2D eigenvalue weighted by Crippen LogP contribution is -2.30. The summed E-state index contributed by atoms with van der Waals surface area (Å²) >= 11 is 0. The minimum Gasteiger partial charge on any atom is -0.386 e. The smallest absolute Gasteiger partial charge is 0.349 e. The molecule has 2 aliphatic rings. The Bertz CT molecular complexity index is 1050. The van der Waals surface area contributed by atoms with Crippen molar-refractivity contribution in [2.45, 2.75) is 39.5 Å². The predicted octanol–water partition coefficient (Wildman–Crippen LogP) is 4.10. The number of amides is 2. The van der Waals surface area contributed by atoms with Crippen LogP contribution in [0.3, 0.4) is 0 Å². The highest BCUT2D eigenvalue weighted by Gasteiger charge is 2.37. The number of nitrogens with zero attached hydrogens (tertiary/aromatic N) is 1. The van der Waals surface area contributed by atoms with E-state index in [9.17, 15) is 28.0 Å². The molecule has 2 aliphatic heterocycles. The summed E-state index contributed by atoms with van der Waals surface area (Å²) in [5.41, 5.74) is 4.98. The summed E-state index contributed by atoms with van der Waals surface area (Å²) in [6.07, 6.45) is 4.01. The van der Waals surface area contributed by atoms with Crippen molar-refractivity contribution in [1.29, 1.82) is 0 Å². The van der Waals surface area contributed by atoms with Crippen molar-refractivity contribution >= 4 is 23.8 Å². The van der Waals surface area contributed by atoms with Crippen LogP contribution in [0.4, 0.5) is 8.78 Å². The fourth-order valence-corrected chi connectivity index (χ4v) is 3.11. The third-order valence-electron chi connectivity index (χ3n) is 4.86. The largest absolute Gasteiger partial charge is 0.386 e. The first-order valence-corrected chi connectivity index (χ1v) is 10.7. The maximum Gasteiger partial charge on any atom is 0.349 e. The minimum atomic E-state index is -0.909. The monoisotopic (exact) mass is 460 g/mol. The van der Waals surface area contributed by atoms with Gasteiger partial charge in [-0.15, -0.1) is 0 Å². The Labute approximate surface area is 190 Å². The van der Waals surface area contributed by atoms with Crippen molar-refractivity contribution in [3.63, 3.8) is 0 Å². The zero-order valence-corrected chi connectivity index (χ0v) is 18.5. The van der Waals surface area contributed by atoms with Crippen molar-refractivity contribution in [1.82, 2.24) is 4.90 Å². The number of carbonyl (C=O) groups is 4. The van der Waals surface area contributed by atoms with Gasteiger partial charge in [-0.25, -0.2) is 18.4 Å². The highest BCUT2D eigenvalue weighted by atomic mass is 19.1. The van der Waals surface area contributed by atoms with E-state index in [2.05, 4.69) is 11.7 Å². The standard InChI is InChI=1S/C12H12FNO2.C8H3FO3.C4H11N/c1-2-3-7-14-11(15)8-5-4-6-9(13)10(8)12(14)16;9-5-3-1-2-4-6(5)8(11)12-7(4)10;1-2-3-4-5/h4-6H,2-3,7H2,1H3;1-3H;2-5H2,1H3. The van der Waals surface area contributed by atoms with E-state index in [1.807, 2.05) is 6.92 Å². The molecule has 2 N–H and O–H groups in total. The fraction of sp³-hybridized carbons (Fsp3) is 0.333. The van der Waals surface area contributed by atoms with Crippen LogP contribution in [0.1, 0.15) is 81.0 Å². The number of hydrogen-bond donors (Lipinski definition) is 1. The van der Waals surface area contributed by atoms with E-state index < -0.39 is 29.5 Å². The Kier molecular flexibility index (Phi) is 9.35. The first-order valence-electron chi connectivity index (χ1n) is 10.7. The Morgan fingerprint density at radius 2 is 1.36 bits per heavy atom. The molecular formula is C24H26F2N2O5. The molecule has 176 valence electrons. The summed E-state index contributed by atoms with van der Waals surface area (Å²) in [5.74, 6) is -3.92. The molecule has 4 rings (SSSR count). The van der Waals surface area contributed by atoms with Crippen molar-refractivity contribution in [2.24, 2.45) is 5.73 Å². The first-order chi connectivity index (χ1) is 15.8. The molecule has 33 heavy (non-hydrogen) atoms. The number of rotatable bonds is 5. The summed E-state index contributed by atoms with van der Waals surface area (Å²) in [7, 11) is 0. The molecule has 0 bridgehead atoms. The molecule has 2 heterocycles. The number of unbranched alkanes of at least 4 members (excludes halogenated alkanes) is 2. The normalized spacial score (nSPS) is 13.5. The molecular weight excluding hydrogens is 434 g/mol. The average molecular weight is 460 g/mol. The number of halogens is 2. The zero-order valence-electron chi connectivity index (χ0n) is 18.5. The second-order valence-corrected chi connectivity index (χ2v) is 7.26. The second-order valence-electron chi connectivity index (χ2n) is 7.26. The number of imide groups is 1. The summed E-state index contributed by atoms with van der Waals surface area (Å²) in [6, 6.07) is 7.96. The Morgan fingerprint density at radius 3 is 1.85 bits per heavy atom. The lowest BCUT2D eigenvalue weighted by Gasteiger charge is -2.12. The van der Waals surface area contributed by atoms with Crippen LogP contribution in [0.5, 0.6) is 0 Å². The summed E-state index contributed by atoms with van der Waals surface area (Å²) < 4.78 is 30.5. The molecule has 0 atom stereocenters. The Balaban J connectivity index is 0.000000200. The van der Waals surface area contributed by atoms with Crippen LogP contribution in [0.25, 0.3) is 0 Å². The molecule has 0 unspecified atom stereocenters. The van der Waals surface area contributed by atoms with Crippen LogP contribution in [0.2, 0.25) is 0 Å². The summed E-state index contributed by atoms with van der Waals surface area (Å²) in [6.45, 7) is 5.31. The van der Waals surface area contributed by atoms with Gasteiger partial charge in [0.15, 0.2) is 0 Å². The molecule has 2 aromatic carbocycles. The van der Waals surface area contributed by atoms with E-state index in [1.165, 1.54) is 43.2 Å². The van der Waals surface area contributed by atoms with Crippen LogP contribution in [-0.2, 0) is 4.74 Å². The molecule has 2 amide bonds. The van der Waals surface area contributed by atoms with E-state index >= 15 is 0 Å². The Morgan fingerprint density at radius 1 is 0.788 bits per heavy atom. The number of hydrogen-bond acceptors (Lipinski definition) is 6. The minimum absolute atomic E-state index is 0.000000000000000444. The van der Waals surface area contributed by atoms with Crippen molar-refractivity contribution in [3.05, 3.63) is 70.3 Å². The molecule has 2 aromatic rings. The molecule has 0 spiro atoms. The van der Waals surface area contributed by atoms with Gasteiger partial charge < -0.3 is 10.5 Å². The lowest BCUT2D eigenvalue weighted by atomic mass is 10.1. The average Bonchev–Trinajstić information content (AvgIpc) is 3.22. The summed E-state index contributed by atoms with van der Waals surface area (Å²) in [4.78, 5) is 46.4. The molecule has 7 nitrogen and oxygen atoms in total. The number of cyclic esters (lactones) is 2. The van der Waals surface area contributed by atoms with Crippen LogP contribution in [-0.4, -0.2) is 41.7 Å². The quantitative estimate of drug-likeness (QED) is 0.409. The number of ether oxygens (including phenoxy) is 1. The number of fused-ring (bicyclic) bond motifs is 2. The first kappa shape index (κ1) is 25.8.